The van der Waals surface area contributed by atoms with Crippen molar-refractivity contribution in [1.82, 2.24) is 9.66 Å². The fraction of sp³-hybridized carbons (Fsp3) is 0.118. The number of aromatic nitrogens is 2. The molecule has 24 heavy (non-hydrogen) atoms. The van der Waals surface area contributed by atoms with E-state index in [-0.39, 0.29) is 11.6 Å². The minimum atomic E-state index is -0.378. The Morgan fingerprint density at radius 2 is 1.75 bits per heavy atom. The lowest BCUT2D eigenvalue weighted by molar-refractivity contribution is 0.248. The van der Waals surface area contributed by atoms with E-state index < -0.39 is 0 Å². The molecule has 7 heteroatoms. The number of carbonyl (C=O) groups excluding carboxylic acids is 1. The topological polar surface area (TPSA) is 58.4 Å². The molecule has 0 fully saturated rings. The van der Waals surface area contributed by atoms with E-state index >= 15 is 0 Å². The average molecular weight is 343 g/mol. The Morgan fingerprint density at radius 1 is 1.08 bits per heavy atom. The quantitative estimate of drug-likeness (QED) is 0.719. The van der Waals surface area contributed by atoms with E-state index in [1.54, 1.807) is 49.5 Å². The molecule has 0 atom stereocenters. The predicted molar refractivity (Wildman–Crippen MR) is 95.4 cm³/mol. The van der Waals surface area contributed by atoms with Gasteiger partial charge in [-0.15, -0.1) is 0 Å². The van der Waals surface area contributed by atoms with E-state index in [2.05, 4.69) is 4.98 Å². The summed E-state index contributed by atoms with van der Waals surface area (Å²) in [7, 11) is 3.15. The largest absolute Gasteiger partial charge is 0.343 e. The molecule has 6 nitrogen and oxygen atoms in total. The Bertz CT molecular complexity index is 953. The monoisotopic (exact) mass is 342 g/mol. The van der Waals surface area contributed by atoms with Crippen molar-refractivity contribution in [3.05, 3.63) is 70.2 Å². The number of nitrogens with zero attached hydrogens (tertiary/aromatic N) is 4. The van der Waals surface area contributed by atoms with Crippen LogP contribution in [-0.4, -0.2) is 29.8 Å². The van der Waals surface area contributed by atoms with E-state index in [0.29, 0.717) is 21.6 Å². The number of rotatable bonds is 2. The number of benzene rings is 2. The molecule has 0 aliphatic carbocycles. The molecule has 1 heterocycles. The van der Waals surface area contributed by atoms with Crippen LogP contribution in [-0.2, 0) is 0 Å². The Morgan fingerprint density at radius 3 is 2.46 bits per heavy atom. The molecule has 122 valence electrons. The van der Waals surface area contributed by atoms with E-state index in [4.69, 9.17) is 11.6 Å². The van der Waals surface area contributed by atoms with Crippen LogP contribution in [0.2, 0.25) is 5.02 Å². The smallest absolute Gasteiger partial charge is 0.296 e. The molecule has 0 aliphatic rings. The first-order chi connectivity index (χ1) is 11.5. The van der Waals surface area contributed by atoms with Gasteiger partial charge < -0.3 is 0 Å². The summed E-state index contributed by atoms with van der Waals surface area (Å²) in [6, 6.07) is 13.5. The summed E-state index contributed by atoms with van der Waals surface area (Å²) in [5, 5.41) is 2.26. The summed E-state index contributed by atoms with van der Waals surface area (Å²) in [6.07, 6.45) is 1.35. The molecule has 1 aromatic heterocycles. The van der Waals surface area contributed by atoms with Gasteiger partial charge in [-0.05, 0) is 36.4 Å². The average Bonchev–Trinajstić information content (AvgIpc) is 2.61. The lowest BCUT2D eigenvalue weighted by Crippen LogP contribution is -2.49. The van der Waals surface area contributed by atoms with Crippen LogP contribution >= 0.6 is 11.6 Å². The molecule has 2 amide bonds. The van der Waals surface area contributed by atoms with Crippen molar-refractivity contribution >= 4 is 34.2 Å². The van der Waals surface area contributed by atoms with Crippen LogP contribution in [0.3, 0.4) is 0 Å². The zero-order valence-corrected chi connectivity index (χ0v) is 13.9. The van der Waals surface area contributed by atoms with Crippen molar-refractivity contribution in [2.45, 2.75) is 0 Å². The summed E-state index contributed by atoms with van der Waals surface area (Å²) < 4.78 is 1.19. The van der Waals surface area contributed by atoms with Crippen molar-refractivity contribution in [3.8, 4) is 0 Å². The molecule has 0 N–H and O–H groups in total. The van der Waals surface area contributed by atoms with Gasteiger partial charge in [0.1, 0.15) is 6.33 Å². The molecule has 0 bridgehead atoms. The van der Waals surface area contributed by atoms with Crippen molar-refractivity contribution in [2.24, 2.45) is 0 Å². The molecule has 0 radical (unpaired) electrons. The Kier molecular flexibility index (Phi) is 4.22. The predicted octanol–water partition coefficient (Wildman–Crippen LogP) is 2.87. The number of para-hydroxylation sites is 1. The summed E-state index contributed by atoms with van der Waals surface area (Å²) in [5.74, 6) is 0. The number of amides is 2. The number of carbonyl (C=O) groups is 1. The maximum atomic E-state index is 12.6. The molecule has 0 unspecified atom stereocenters. The molecular weight excluding hydrogens is 328 g/mol. The third-order valence-corrected chi connectivity index (χ3v) is 4.00. The lowest BCUT2D eigenvalue weighted by atomic mass is 10.2. The molecule has 3 rings (SSSR count). The van der Waals surface area contributed by atoms with Gasteiger partial charge in [-0.25, -0.2) is 19.5 Å². The van der Waals surface area contributed by atoms with Gasteiger partial charge in [0.25, 0.3) is 5.56 Å². The van der Waals surface area contributed by atoms with E-state index in [1.165, 1.54) is 28.0 Å². The van der Waals surface area contributed by atoms with Gasteiger partial charge in [-0.3, -0.25) is 9.69 Å². The van der Waals surface area contributed by atoms with Gasteiger partial charge in [0.2, 0.25) is 0 Å². The van der Waals surface area contributed by atoms with Crippen LogP contribution in [0, 0.1) is 0 Å². The highest BCUT2D eigenvalue weighted by molar-refractivity contribution is 6.30. The van der Waals surface area contributed by atoms with Gasteiger partial charge in [-0.2, -0.15) is 0 Å². The van der Waals surface area contributed by atoms with Crippen molar-refractivity contribution in [3.63, 3.8) is 0 Å². The number of halogens is 1. The minimum Gasteiger partial charge on any atom is -0.296 e. The normalized spacial score (nSPS) is 10.6. The van der Waals surface area contributed by atoms with E-state index in [0.717, 1.165) is 0 Å². The first kappa shape index (κ1) is 16.0. The molecule has 0 saturated carbocycles. The van der Waals surface area contributed by atoms with Gasteiger partial charge >= 0.3 is 6.03 Å². The summed E-state index contributed by atoms with van der Waals surface area (Å²) >= 11 is 5.86. The molecule has 3 aromatic rings. The number of hydrogen-bond donors (Lipinski definition) is 0. The highest BCUT2D eigenvalue weighted by Crippen LogP contribution is 2.17. The Labute approximate surface area is 143 Å². The summed E-state index contributed by atoms with van der Waals surface area (Å²) in [4.78, 5) is 30.9. The van der Waals surface area contributed by atoms with E-state index in [1.807, 2.05) is 6.07 Å². The van der Waals surface area contributed by atoms with Crippen molar-refractivity contribution in [2.75, 3.05) is 24.0 Å². The maximum absolute atomic E-state index is 12.6. The molecular formula is C17H15ClN4O2. The molecule has 2 aromatic carbocycles. The summed E-state index contributed by atoms with van der Waals surface area (Å²) in [6.45, 7) is 0. The van der Waals surface area contributed by atoms with Crippen LogP contribution < -0.4 is 15.5 Å². The fourth-order valence-electron chi connectivity index (χ4n) is 2.36. The minimum absolute atomic E-state index is 0.305. The second kappa shape index (κ2) is 6.33. The second-order valence-corrected chi connectivity index (χ2v) is 5.69. The highest BCUT2D eigenvalue weighted by atomic mass is 35.5. The summed E-state index contributed by atoms with van der Waals surface area (Å²) in [5.41, 5.74) is 0.949. The third kappa shape index (κ3) is 2.83. The van der Waals surface area contributed by atoms with Crippen LogP contribution in [0.4, 0.5) is 10.5 Å². The zero-order chi connectivity index (χ0) is 17.3. The highest BCUT2D eigenvalue weighted by Gasteiger charge is 2.19. The van der Waals surface area contributed by atoms with Gasteiger partial charge in [-0.1, -0.05) is 23.7 Å². The molecule has 0 saturated heterocycles. The fourth-order valence-corrected chi connectivity index (χ4v) is 2.48. The Balaban J connectivity index is 1.95. The zero-order valence-electron chi connectivity index (χ0n) is 13.2. The standard InChI is InChI=1S/C17H15ClN4O2/c1-20(13-9-7-12(18)8-10-13)17(24)21(2)22-11-19-15-6-4-3-5-14(15)16(22)23/h3-11H,1-2H3. The number of fused-ring (bicyclic) bond motifs is 1. The third-order valence-electron chi connectivity index (χ3n) is 3.75. The van der Waals surface area contributed by atoms with Gasteiger partial charge in [0.05, 0.1) is 10.9 Å². The van der Waals surface area contributed by atoms with Crippen molar-refractivity contribution < 1.29 is 4.79 Å². The number of anilines is 1. The lowest BCUT2D eigenvalue weighted by Gasteiger charge is -2.25. The Hall–Kier alpha value is -2.86. The first-order valence-electron chi connectivity index (χ1n) is 7.22. The first-order valence-corrected chi connectivity index (χ1v) is 7.60. The van der Waals surface area contributed by atoms with Crippen LogP contribution in [0.1, 0.15) is 0 Å². The number of hydrogen-bond acceptors (Lipinski definition) is 3. The van der Waals surface area contributed by atoms with Crippen molar-refractivity contribution in [1.29, 1.82) is 0 Å². The maximum Gasteiger partial charge on any atom is 0.343 e. The van der Waals surface area contributed by atoms with Gasteiger partial charge in [0.15, 0.2) is 0 Å². The van der Waals surface area contributed by atoms with Crippen LogP contribution in [0.15, 0.2) is 59.7 Å². The van der Waals surface area contributed by atoms with Crippen LogP contribution in [0.25, 0.3) is 10.9 Å². The van der Waals surface area contributed by atoms with E-state index in [9.17, 15) is 9.59 Å². The second-order valence-electron chi connectivity index (χ2n) is 5.25. The van der Waals surface area contributed by atoms with Crippen LogP contribution in [0.5, 0.6) is 0 Å². The molecule has 0 aliphatic heterocycles. The number of urea groups is 1. The van der Waals surface area contributed by atoms with Gasteiger partial charge in [0, 0.05) is 24.8 Å². The molecule has 0 spiro atoms. The SMILES string of the molecule is CN(C(=O)N(C)n1cnc2ccccc2c1=O)c1ccc(Cl)cc1.